The molecule has 2 rings (SSSR count). The van der Waals surface area contributed by atoms with Gasteiger partial charge in [-0.3, -0.25) is 0 Å². The van der Waals surface area contributed by atoms with E-state index in [9.17, 15) is 0 Å². The molecule has 2 heterocycles. The van der Waals surface area contributed by atoms with Gasteiger partial charge in [-0.15, -0.1) is 0 Å². The van der Waals surface area contributed by atoms with E-state index in [0.29, 0.717) is 5.92 Å². The molecule has 0 fully saturated rings. The van der Waals surface area contributed by atoms with Gasteiger partial charge in [0, 0.05) is 19.0 Å². The van der Waals surface area contributed by atoms with Gasteiger partial charge in [-0.05, 0) is 26.8 Å². The van der Waals surface area contributed by atoms with Crippen molar-refractivity contribution in [3.05, 3.63) is 17.2 Å². The molecule has 1 aliphatic rings. The van der Waals surface area contributed by atoms with Crippen molar-refractivity contribution in [2.24, 2.45) is 0 Å². The molecule has 78 valence electrons. The monoisotopic (exact) mass is 193 g/mol. The molecule has 0 saturated heterocycles. The maximum atomic E-state index is 4.67. The minimum absolute atomic E-state index is 0.632. The Bertz CT molecular complexity index is 328. The van der Waals surface area contributed by atoms with Gasteiger partial charge in [-0.2, -0.15) is 0 Å². The first-order valence-electron chi connectivity index (χ1n) is 5.44. The second kappa shape index (κ2) is 3.73. The summed E-state index contributed by atoms with van der Waals surface area (Å²) in [6, 6.07) is 0. The molecule has 0 aliphatic carbocycles. The minimum Gasteiger partial charge on any atom is -0.330 e. The smallest absolute Gasteiger partial charge is 0.112 e. The first-order chi connectivity index (χ1) is 6.74. The molecule has 3 heteroatoms. The Morgan fingerprint density at radius 1 is 1.57 bits per heavy atom. The van der Waals surface area contributed by atoms with Gasteiger partial charge >= 0.3 is 0 Å². The quantitative estimate of drug-likeness (QED) is 0.776. The molecule has 0 spiro atoms. The summed E-state index contributed by atoms with van der Waals surface area (Å²) < 4.78 is 2.40. The van der Waals surface area contributed by atoms with E-state index in [2.05, 4.69) is 28.7 Å². The topological polar surface area (TPSA) is 29.9 Å². The maximum absolute atomic E-state index is 4.67. The third-order valence-corrected chi connectivity index (χ3v) is 3.11. The van der Waals surface area contributed by atoms with Gasteiger partial charge < -0.3 is 9.88 Å². The number of fused-ring (bicyclic) bond motifs is 1. The summed E-state index contributed by atoms with van der Waals surface area (Å²) in [7, 11) is 1.99. The molecule has 1 aromatic heterocycles. The van der Waals surface area contributed by atoms with E-state index in [1.54, 1.807) is 0 Å². The van der Waals surface area contributed by atoms with E-state index >= 15 is 0 Å². The maximum Gasteiger partial charge on any atom is 0.112 e. The Morgan fingerprint density at radius 2 is 2.36 bits per heavy atom. The van der Waals surface area contributed by atoms with Crippen LogP contribution >= 0.6 is 0 Å². The summed E-state index contributed by atoms with van der Waals surface area (Å²) in [5, 5.41) is 3.22. The summed E-state index contributed by atoms with van der Waals surface area (Å²) >= 11 is 0. The number of aryl methyl sites for hydroxylation is 1. The summed E-state index contributed by atoms with van der Waals surface area (Å²) in [4.78, 5) is 4.67. The van der Waals surface area contributed by atoms with E-state index in [-0.39, 0.29) is 0 Å². The third kappa shape index (κ3) is 1.46. The minimum atomic E-state index is 0.632. The highest BCUT2D eigenvalue weighted by molar-refractivity contribution is 5.19. The van der Waals surface area contributed by atoms with Gasteiger partial charge in [-0.25, -0.2) is 4.98 Å². The van der Waals surface area contributed by atoms with Crippen LogP contribution in [0.2, 0.25) is 0 Å². The lowest BCUT2D eigenvalue weighted by atomic mass is 10.0. The SMILES string of the molecule is CNCc1c(C)nc2n1CCCC2C. The van der Waals surface area contributed by atoms with Crippen LogP contribution < -0.4 is 5.32 Å². The number of aromatic nitrogens is 2. The van der Waals surface area contributed by atoms with Crippen LogP contribution in [0.25, 0.3) is 0 Å². The van der Waals surface area contributed by atoms with Crippen LogP contribution in [-0.2, 0) is 13.1 Å². The van der Waals surface area contributed by atoms with E-state index in [0.717, 1.165) is 13.1 Å². The van der Waals surface area contributed by atoms with Crippen molar-refractivity contribution in [3.8, 4) is 0 Å². The van der Waals surface area contributed by atoms with Crippen LogP contribution in [0.1, 0.15) is 42.9 Å². The van der Waals surface area contributed by atoms with Gasteiger partial charge in [0.2, 0.25) is 0 Å². The number of hydrogen-bond donors (Lipinski definition) is 1. The Morgan fingerprint density at radius 3 is 3.07 bits per heavy atom. The van der Waals surface area contributed by atoms with Crippen molar-refractivity contribution < 1.29 is 0 Å². The van der Waals surface area contributed by atoms with E-state index < -0.39 is 0 Å². The predicted octanol–water partition coefficient (Wildman–Crippen LogP) is 1.81. The largest absolute Gasteiger partial charge is 0.330 e. The Kier molecular flexibility index (Phi) is 2.59. The van der Waals surface area contributed by atoms with Crippen LogP contribution in [0, 0.1) is 6.92 Å². The summed E-state index contributed by atoms with van der Waals surface area (Å²) in [5.74, 6) is 1.92. The van der Waals surface area contributed by atoms with Gasteiger partial charge in [0.15, 0.2) is 0 Å². The molecule has 0 radical (unpaired) electrons. The average Bonchev–Trinajstić information content (AvgIpc) is 2.47. The van der Waals surface area contributed by atoms with Gasteiger partial charge in [0.25, 0.3) is 0 Å². The zero-order valence-electron chi connectivity index (χ0n) is 9.30. The lowest BCUT2D eigenvalue weighted by Crippen LogP contribution is -2.18. The molecular weight excluding hydrogens is 174 g/mol. The fourth-order valence-electron chi connectivity index (χ4n) is 2.33. The normalized spacial score (nSPS) is 20.9. The number of nitrogens with zero attached hydrogens (tertiary/aromatic N) is 2. The lowest BCUT2D eigenvalue weighted by Gasteiger charge is -2.21. The Balaban J connectivity index is 2.41. The average molecular weight is 193 g/mol. The number of hydrogen-bond acceptors (Lipinski definition) is 2. The molecule has 1 aliphatic heterocycles. The second-order valence-electron chi connectivity index (χ2n) is 4.23. The molecular formula is C11H19N3. The molecule has 0 saturated carbocycles. The number of imidazole rings is 1. The first kappa shape index (κ1) is 9.71. The molecule has 1 atom stereocenters. The molecule has 1 unspecified atom stereocenters. The lowest BCUT2D eigenvalue weighted by molar-refractivity contribution is 0.451. The summed E-state index contributed by atoms with van der Waals surface area (Å²) in [6.45, 7) is 6.48. The van der Waals surface area contributed by atoms with Crippen molar-refractivity contribution in [1.82, 2.24) is 14.9 Å². The predicted molar refractivity (Wildman–Crippen MR) is 57.4 cm³/mol. The second-order valence-corrected chi connectivity index (χ2v) is 4.23. The fraction of sp³-hybridized carbons (Fsp3) is 0.727. The molecule has 0 amide bonds. The van der Waals surface area contributed by atoms with Crippen LogP contribution in [-0.4, -0.2) is 16.6 Å². The van der Waals surface area contributed by atoms with Crippen molar-refractivity contribution in [1.29, 1.82) is 0 Å². The Labute approximate surface area is 85.5 Å². The fourth-order valence-corrected chi connectivity index (χ4v) is 2.33. The van der Waals surface area contributed by atoms with Crippen molar-refractivity contribution in [3.63, 3.8) is 0 Å². The van der Waals surface area contributed by atoms with Crippen LogP contribution in [0.4, 0.5) is 0 Å². The first-order valence-corrected chi connectivity index (χ1v) is 5.44. The van der Waals surface area contributed by atoms with Gasteiger partial charge in [0.1, 0.15) is 5.82 Å². The number of rotatable bonds is 2. The zero-order chi connectivity index (χ0) is 10.1. The highest BCUT2D eigenvalue weighted by Crippen LogP contribution is 2.28. The van der Waals surface area contributed by atoms with Gasteiger partial charge in [-0.1, -0.05) is 6.92 Å². The summed E-state index contributed by atoms with van der Waals surface area (Å²) in [5.41, 5.74) is 2.57. The number of nitrogens with one attached hydrogen (secondary N) is 1. The molecule has 3 nitrogen and oxygen atoms in total. The molecule has 0 bridgehead atoms. The highest BCUT2D eigenvalue weighted by Gasteiger charge is 2.21. The van der Waals surface area contributed by atoms with Crippen LogP contribution in [0.3, 0.4) is 0 Å². The Hall–Kier alpha value is -0.830. The molecule has 0 aromatic carbocycles. The summed E-state index contributed by atoms with van der Waals surface area (Å²) in [6.07, 6.45) is 2.58. The van der Waals surface area contributed by atoms with Crippen LogP contribution in [0.15, 0.2) is 0 Å². The van der Waals surface area contributed by atoms with E-state index in [1.165, 1.54) is 30.1 Å². The van der Waals surface area contributed by atoms with Gasteiger partial charge in [0.05, 0.1) is 11.4 Å². The molecule has 14 heavy (non-hydrogen) atoms. The molecule has 1 aromatic rings. The van der Waals surface area contributed by atoms with E-state index in [1.807, 2.05) is 7.05 Å². The van der Waals surface area contributed by atoms with Crippen molar-refractivity contribution in [2.75, 3.05) is 7.05 Å². The highest BCUT2D eigenvalue weighted by atomic mass is 15.1. The zero-order valence-corrected chi connectivity index (χ0v) is 9.30. The molecule has 1 N–H and O–H groups in total. The van der Waals surface area contributed by atoms with Crippen molar-refractivity contribution >= 4 is 0 Å². The van der Waals surface area contributed by atoms with E-state index in [4.69, 9.17) is 0 Å². The van der Waals surface area contributed by atoms with Crippen molar-refractivity contribution in [2.45, 2.75) is 45.7 Å². The third-order valence-electron chi connectivity index (χ3n) is 3.11. The standard InChI is InChI=1S/C11H19N3/c1-8-5-4-6-14-10(7-12-3)9(2)13-11(8)14/h8,12H,4-7H2,1-3H3. The van der Waals surface area contributed by atoms with Crippen LogP contribution in [0.5, 0.6) is 0 Å².